The molecule has 0 fully saturated rings. The third-order valence-corrected chi connectivity index (χ3v) is 3.70. The fourth-order valence-corrected chi connectivity index (χ4v) is 2.44. The molecule has 24 heavy (non-hydrogen) atoms. The summed E-state index contributed by atoms with van der Waals surface area (Å²) in [6, 6.07) is 22.9. The molecule has 0 aliphatic rings. The van der Waals surface area contributed by atoms with Gasteiger partial charge >= 0.3 is 5.97 Å². The molecule has 0 amide bonds. The second kappa shape index (κ2) is 6.92. The minimum Gasteiger partial charge on any atom is -0.422 e. The van der Waals surface area contributed by atoms with Gasteiger partial charge < -0.3 is 4.74 Å². The maximum Gasteiger partial charge on any atom is 0.343 e. The van der Waals surface area contributed by atoms with Crippen LogP contribution in [0.15, 0.2) is 78.9 Å². The van der Waals surface area contributed by atoms with Crippen LogP contribution in [-0.4, -0.2) is 11.8 Å². The molecule has 0 saturated heterocycles. The lowest BCUT2D eigenvalue weighted by Gasteiger charge is -2.12. The van der Waals surface area contributed by atoms with E-state index in [2.05, 4.69) is 0 Å². The Morgan fingerprint density at radius 3 is 1.92 bits per heavy atom. The molecule has 0 heterocycles. The summed E-state index contributed by atoms with van der Waals surface area (Å²) in [5.74, 6) is -0.345. The molecule has 3 nitrogen and oxygen atoms in total. The van der Waals surface area contributed by atoms with Crippen LogP contribution in [0.4, 0.5) is 0 Å². The van der Waals surface area contributed by atoms with E-state index in [1.54, 1.807) is 60.7 Å². The summed E-state index contributed by atoms with van der Waals surface area (Å²) in [5.41, 5.74) is 2.12. The van der Waals surface area contributed by atoms with Crippen molar-refractivity contribution in [1.29, 1.82) is 0 Å². The number of ketones is 1. The van der Waals surface area contributed by atoms with E-state index < -0.39 is 5.97 Å². The molecule has 0 aliphatic carbocycles. The van der Waals surface area contributed by atoms with Crippen LogP contribution in [0.1, 0.15) is 31.8 Å². The maximum atomic E-state index is 12.7. The van der Waals surface area contributed by atoms with Crippen LogP contribution in [0.5, 0.6) is 5.75 Å². The largest absolute Gasteiger partial charge is 0.422 e. The van der Waals surface area contributed by atoms with Gasteiger partial charge in [0.15, 0.2) is 5.78 Å². The van der Waals surface area contributed by atoms with Gasteiger partial charge in [-0.2, -0.15) is 0 Å². The molecule has 0 bridgehead atoms. The van der Waals surface area contributed by atoms with E-state index in [1.165, 1.54) is 0 Å². The van der Waals surface area contributed by atoms with Gasteiger partial charge in [0.2, 0.25) is 0 Å². The van der Waals surface area contributed by atoms with Gasteiger partial charge in [0, 0.05) is 5.56 Å². The van der Waals surface area contributed by atoms with Crippen molar-refractivity contribution in [3.8, 4) is 5.75 Å². The Bertz CT molecular complexity index is 868. The summed E-state index contributed by atoms with van der Waals surface area (Å²) in [7, 11) is 0. The Kier molecular flexibility index (Phi) is 4.52. The number of ether oxygens (including phenoxy) is 1. The predicted octanol–water partition coefficient (Wildman–Crippen LogP) is 4.45. The molecule has 0 N–H and O–H groups in total. The van der Waals surface area contributed by atoms with Gasteiger partial charge in [-0.25, -0.2) is 4.79 Å². The fraction of sp³-hybridized carbons (Fsp3) is 0.0476. The van der Waals surface area contributed by atoms with Gasteiger partial charge in [-0.3, -0.25) is 4.79 Å². The Hall–Kier alpha value is -3.20. The molecule has 118 valence electrons. The van der Waals surface area contributed by atoms with E-state index in [0.29, 0.717) is 22.4 Å². The highest BCUT2D eigenvalue weighted by Crippen LogP contribution is 2.27. The first-order chi connectivity index (χ1) is 11.7. The summed E-state index contributed by atoms with van der Waals surface area (Å²) in [4.78, 5) is 25.1. The first kappa shape index (κ1) is 15.7. The number of carbonyl (C=O) groups is 2. The zero-order valence-electron chi connectivity index (χ0n) is 13.2. The van der Waals surface area contributed by atoms with Gasteiger partial charge in [0.1, 0.15) is 5.75 Å². The van der Waals surface area contributed by atoms with Gasteiger partial charge in [-0.15, -0.1) is 0 Å². The number of carbonyl (C=O) groups excluding carboxylic acids is 2. The Balaban J connectivity index is 1.97. The summed E-state index contributed by atoms with van der Waals surface area (Å²) < 4.78 is 5.55. The highest BCUT2D eigenvalue weighted by molar-refractivity contribution is 6.11. The lowest BCUT2D eigenvalue weighted by atomic mass is 10.0. The van der Waals surface area contributed by atoms with E-state index in [-0.39, 0.29) is 5.78 Å². The van der Waals surface area contributed by atoms with Gasteiger partial charge in [-0.1, -0.05) is 60.7 Å². The molecule has 3 rings (SSSR count). The van der Waals surface area contributed by atoms with Crippen molar-refractivity contribution in [2.24, 2.45) is 0 Å². The molecule has 3 heteroatoms. The number of rotatable bonds is 4. The Morgan fingerprint density at radius 2 is 1.29 bits per heavy atom. The standard InChI is InChI=1S/C21H16O3/c1-15-9-8-14-18(19(22)16-10-4-2-5-11-16)20(15)24-21(23)17-12-6-3-7-13-17/h2-14H,1H3. The Labute approximate surface area is 140 Å². The van der Waals surface area contributed by atoms with Crippen LogP contribution in [0.2, 0.25) is 0 Å². The molecule has 3 aromatic carbocycles. The first-order valence-corrected chi connectivity index (χ1v) is 7.63. The summed E-state index contributed by atoms with van der Waals surface area (Å²) in [6.45, 7) is 1.81. The second-order valence-corrected chi connectivity index (χ2v) is 5.40. The van der Waals surface area contributed by atoms with Crippen molar-refractivity contribution in [3.05, 3.63) is 101 Å². The first-order valence-electron chi connectivity index (χ1n) is 7.63. The van der Waals surface area contributed by atoms with Crippen molar-refractivity contribution >= 4 is 11.8 Å². The number of aryl methyl sites for hydroxylation is 1. The van der Waals surface area contributed by atoms with E-state index in [9.17, 15) is 9.59 Å². The van der Waals surface area contributed by atoms with Crippen molar-refractivity contribution in [2.45, 2.75) is 6.92 Å². The average molecular weight is 316 g/mol. The third kappa shape index (κ3) is 3.25. The molecule has 0 radical (unpaired) electrons. The number of hydrogen-bond donors (Lipinski definition) is 0. The number of benzene rings is 3. The van der Waals surface area contributed by atoms with E-state index in [1.807, 2.05) is 25.1 Å². The SMILES string of the molecule is Cc1cccc(C(=O)c2ccccc2)c1OC(=O)c1ccccc1. The summed E-state index contributed by atoms with van der Waals surface area (Å²) in [6.07, 6.45) is 0. The summed E-state index contributed by atoms with van der Waals surface area (Å²) in [5, 5.41) is 0. The molecule has 0 spiro atoms. The maximum absolute atomic E-state index is 12.7. The molecular weight excluding hydrogens is 300 g/mol. The number of esters is 1. The van der Waals surface area contributed by atoms with Crippen molar-refractivity contribution < 1.29 is 14.3 Å². The molecular formula is C21H16O3. The molecule has 0 atom stereocenters. The molecule has 0 saturated carbocycles. The lowest BCUT2D eigenvalue weighted by Crippen LogP contribution is -2.13. The van der Waals surface area contributed by atoms with Gasteiger partial charge in [0.25, 0.3) is 0 Å². The van der Waals surface area contributed by atoms with Crippen LogP contribution < -0.4 is 4.74 Å². The third-order valence-electron chi connectivity index (χ3n) is 3.70. The average Bonchev–Trinajstić information content (AvgIpc) is 2.64. The monoisotopic (exact) mass is 316 g/mol. The van der Waals surface area contributed by atoms with Gasteiger partial charge in [0.05, 0.1) is 11.1 Å². The minimum absolute atomic E-state index is 0.171. The normalized spacial score (nSPS) is 10.2. The highest BCUT2D eigenvalue weighted by atomic mass is 16.5. The highest BCUT2D eigenvalue weighted by Gasteiger charge is 2.19. The topological polar surface area (TPSA) is 43.4 Å². The Morgan fingerprint density at radius 1 is 0.708 bits per heavy atom. The molecule has 3 aromatic rings. The number of hydrogen-bond acceptors (Lipinski definition) is 3. The zero-order chi connectivity index (χ0) is 16.9. The van der Waals surface area contributed by atoms with Crippen molar-refractivity contribution in [1.82, 2.24) is 0 Å². The smallest absolute Gasteiger partial charge is 0.343 e. The molecule has 0 aromatic heterocycles. The fourth-order valence-electron chi connectivity index (χ4n) is 2.44. The number of para-hydroxylation sites is 1. The van der Waals surface area contributed by atoms with Crippen LogP contribution in [0.25, 0.3) is 0 Å². The predicted molar refractivity (Wildman–Crippen MR) is 92.5 cm³/mol. The molecule has 0 aliphatic heterocycles. The zero-order valence-corrected chi connectivity index (χ0v) is 13.2. The lowest BCUT2D eigenvalue weighted by molar-refractivity contribution is 0.0731. The van der Waals surface area contributed by atoms with Crippen molar-refractivity contribution in [2.75, 3.05) is 0 Å². The van der Waals surface area contributed by atoms with Crippen LogP contribution in [0, 0.1) is 6.92 Å². The van der Waals surface area contributed by atoms with E-state index in [0.717, 1.165) is 5.56 Å². The van der Waals surface area contributed by atoms with Crippen LogP contribution in [-0.2, 0) is 0 Å². The van der Waals surface area contributed by atoms with Crippen LogP contribution >= 0.6 is 0 Å². The summed E-state index contributed by atoms with van der Waals surface area (Å²) >= 11 is 0. The quantitative estimate of drug-likeness (QED) is 0.406. The second-order valence-electron chi connectivity index (χ2n) is 5.40. The van der Waals surface area contributed by atoms with E-state index in [4.69, 9.17) is 4.74 Å². The van der Waals surface area contributed by atoms with E-state index >= 15 is 0 Å². The van der Waals surface area contributed by atoms with Gasteiger partial charge in [-0.05, 0) is 30.7 Å². The minimum atomic E-state index is -0.480. The van der Waals surface area contributed by atoms with Crippen LogP contribution in [0.3, 0.4) is 0 Å². The molecule has 0 unspecified atom stereocenters. The van der Waals surface area contributed by atoms with Crippen molar-refractivity contribution in [3.63, 3.8) is 0 Å².